The van der Waals surface area contributed by atoms with Crippen molar-refractivity contribution < 1.29 is 14.6 Å². The molecule has 1 aromatic carbocycles. The molecule has 0 atom stereocenters. The van der Waals surface area contributed by atoms with E-state index in [1.54, 1.807) is 14.2 Å². The van der Waals surface area contributed by atoms with Gasteiger partial charge < -0.3 is 20.3 Å². The Morgan fingerprint density at radius 1 is 1.25 bits per heavy atom. The summed E-state index contributed by atoms with van der Waals surface area (Å²) in [5.41, 5.74) is 6.74. The highest BCUT2D eigenvalue weighted by atomic mass is 16.5. The van der Waals surface area contributed by atoms with Crippen molar-refractivity contribution in [2.45, 2.75) is 24.5 Å². The Labute approximate surface area is 95.0 Å². The van der Waals surface area contributed by atoms with Crippen molar-refractivity contribution in [1.82, 2.24) is 0 Å². The summed E-state index contributed by atoms with van der Waals surface area (Å²) in [5.74, 6) is 1.36. The van der Waals surface area contributed by atoms with E-state index in [1.165, 1.54) is 0 Å². The van der Waals surface area contributed by atoms with E-state index in [0.717, 1.165) is 5.56 Å². The first-order chi connectivity index (χ1) is 7.59. The molecule has 2 rings (SSSR count). The highest BCUT2D eigenvalue weighted by Crippen LogP contribution is 2.41. The molecule has 0 amide bonds. The van der Waals surface area contributed by atoms with Crippen LogP contribution in [0.1, 0.15) is 18.4 Å². The number of aliphatic hydroxyl groups excluding tert-OH is 1. The van der Waals surface area contributed by atoms with Crippen molar-refractivity contribution in [3.05, 3.63) is 23.8 Å². The third-order valence-corrected chi connectivity index (χ3v) is 3.16. The van der Waals surface area contributed by atoms with Gasteiger partial charge in [0.15, 0.2) is 11.5 Å². The molecule has 4 heteroatoms. The molecule has 1 aliphatic rings. The predicted molar refractivity (Wildman–Crippen MR) is 60.7 cm³/mol. The fourth-order valence-corrected chi connectivity index (χ4v) is 2.16. The molecule has 0 unspecified atom stereocenters. The second kappa shape index (κ2) is 3.96. The van der Waals surface area contributed by atoms with Crippen LogP contribution in [0.3, 0.4) is 0 Å². The lowest BCUT2D eigenvalue weighted by Gasteiger charge is -2.42. The first-order valence-corrected chi connectivity index (χ1v) is 5.28. The van der Waals surface area contributed by atoms with Gasteiger partial charge in [-0.2, -0.15) is 0 Å². The zero-order valence-corrected chi connectivity index (χ0v) is 9.56. The molecule has 0 saturated heterocycles. The van der Waals surface area contributed by atoms with Gasteiger partial charge >= 0.3 is 0 Å². The molecule has 16 heavy (non-hydrogen) atoms. The van der Waals surface area contributed by atoms with Gasteiger partial charge in [0.2, 0.25) is 0 Å². The molecule has 0 radical (unpaired) electrons. The van der Waals surface area contributed by atoms with Gasteiger partial charge in [0.1, 0.15) is 0 Å². The lowest BCUT2D eigenvalue weighted by Crippen LogP contribution is -2.51. The van der Waals surface area contributed by atoms with Crippen molar-refractivity contribution in [3.8, 4) is 11.5 Å². The Morgan fingerprint density at radius 2 is 1.88 bits per heavy atom. The molecule has 1 aliphatic carbocycles. The Hall–Kier alpha value is -1.26. The van der Waals surface area contributed by atoms with Gasteiger partial charge in [-0.25, -0.2) is 0 Å². The normalized spacial score (nSPS) is 28.4. The van der Waals surface area contributed by atoms with Gasteiger partial charge in [-0.15, -0.1) is 0 Å². The molecule has 0 bridgehead atoms. The van der Waals surface area contributed by atoms with Crippen LogP contribution in [0.5, 0.6) is 11.5 Å². The van der Waals surface area contributed by atoms with Crippen LogP contribution >= 0.6 is 0 Å². The smallest absolute Gasteiger partial charge is 0.161 e. The monoisotopic (exact) mass is 223 g/mol. The van der Waals surface area contributed by atoms with Crippen LogP contribution in [0, 0.1) is 0 Å². The van der Waals surface area contributed by atoms with Crippen LogP contribution in [-0.4, -0.2) is 25.4 Å². The summed E-state index contributed by atoms with van der Waals surface area (Å²) in [4.78, 5) is 0. The standard InChI is InChI=1S/C12H17NO3/c1-15-10-4-3-8(5-11(10)16-2)12(13)6-9(14)7-12/h3-5,9,14H,6-7,13H2,1-2H3. The topological polar surface area (TPSA) is 64.7 Å². The minimum atomic E-state index is -0.418. The van der Waals surface area contributed by atoms with Crippen LogP contribution in [0.4, 0.5) is 0 Å². The van der Waals surface area contributed by atoms with Crippen molar-refractivity contribution in [3.63, 3.8) is 0 Å². The minimum absolute atomic E-state index is 0.280. The minimum Gasteiger partial charge on any atom is -0.493 e. The molecule has 0 spiro atoms. The maximum atomic E-state index is 9.34. The van der Waals surface area contributed by atoms with Crippen LogP contribution in [0.25, 0.3) is 0 Å². The third-order valence-electron chi connectivity index (χ3n) is 3.16. The summed E-state index contributed by atoms with van der Waals surface area (Å²) in [6.07, 6.45) is 0.920. The second-order valence-corrected chi connectivity index (χ2v) is 4.29. The fourth-order valence-electron chi connectivity index (χ4n) is 2.16. The third kappa shape index (κ3) is 1.74. The first-order valence-electron chi connectivity index (χ1n) is 5.28. The number of aliphatic hydroxyl groups is 1. The van der Waals surface area contributed by atoms with E-state index in [1.807, 2.05) is 18.2 Å². The maximum absolute atomic E-state index is 9.34. The molecule has 1 aromatic rings. The predicted octanol–water partition coefficient (Wildman–Crippen LogP) is 1.01. The number of nitrogens with two attached hydrogens (primary N) is 1. The Kier molecular flexibility index (Phi) is 2.78. The highest BCUT2D eigenvalue weighted by Gasteiger charge is 2.41. The van der Waals surface area contributed by atoms with Crippen LogP contribution in [0.15, 0.2) is 18.2 Å². The number of hydrogen-bond donors (Lipinski definition) is 2. The molecule has 0 heterocycles. The summed E-state index contributed by atoms with van der Waals surface area (Å²) >= 11 is 0. The Balaban J connectivity index is 2.29. The van der Waals surface area contributed by atoms with Gasteiger partial charge in [-0.05, 0) is 30.5 Å². The van der Waals surface area contributed by atoms with Crippen molar-refractivity contribution in [2.24, 2.45) is 5.73 Å². The van der Waals surface area contributed by atoms with E-state index in [0.29, 0.717) is 24.3 Å². The van der Waals surface area contributed by atoms with Crippen molar-refractivity contribution in [1.29, 1.82) is 0 Å². The Morgan fingerprint density at radius 3 is 2.38 bits per heavy atom. The molecular formula is C12H17NO3. The molecule has 1 saturated carbocycles. The number of benzene rings is 1. The average molecular weight is 223 g/mol. The molecule has 1 fully saturated rings. The molecule has 0 aliphatic heterocycles. The number of hydrogen-bond acceptors (Lipinski definition) is 4. The summed E-state index contributed by atoms with van der Waals surface area (Å²) < 4.78 is 10.4. The van der Waals surface area contributed by atoms with E-state index in [2.05, 4.69) is 0 Å². The lowest BCUT2D eigenvalue weighted by molar-refractivity contribution is 0.0208. The zero-order valence-electron chi connectivity index (χ0n) is 9.56. The van der Waals surface area contributed by atoms with Crippen LogP contribution < -0.4 is 15.2 Å². The average Bonchev–Trinajstić information content (AvgIpc) is 2.26. The molecule has 3 N–H and O–H groups in total. The fraction of sp³-hybridized carbons (Fsp3) is 0.500. The highest BCUT2D eigenvalue weighted by molar-refractivity contribution is 5.45. The lowest BCUT2D eigenvalue weighted by atomic mass is 9.70. The van der Waals surface area contributed by atoms with Crippen molar-refractivity contribution >= 4 is 0 Å². The summed E-state index contributed by atoms with van der Waals surface area (Å²) in [6, 6.07) is 5.64. The van der Waals surface area contributed by atoms with Crippen molar-refractivity contribution in [2.75, 3.05) is 14.2 Å². The summed E-state index contributed by atoms with van der Waals surface area (Å²) in [7, 11) is 3.20. The van der Waals surface area contributed by atoms with Gasteiger partial charge in [0, 0.05) is 5.54 Å². The SMILES string of the molecule is COc1ccc(C2(N)CC(O)C2)cc1OC. The molecule has 0 aromatic heterocycles. The van der Waals surface area contributed by atoms with E-state index < -0.39 is 5.54 Å². The quantitative estimate of drug-likeness (QED) is 0.802. The second-order valence-electron chi connectivity index (χ2n) is 4.29. The van der Waals surface area contributed by atoms with Gasteiger partial charge in [0.05, 0.1) is 20.3 Å². The summed E-state index contributed by atoms with van der Waals surface area (Å²) in [5, 5.41) is 9.34. The molecule has 88 valence electrons. The van der Waals surface area contributed by atoms with Crippen LogP contribution in [-0.2, 0) is 5.54 Å². The number of ether oxygens (including phenoxy) is 2. The van der Waals surface area contributed by atoms with E-state index in [9.17, 15) is 5.11 Å². The summed E-state index contributed by atoms with van der Waals surface area (Å²) in [6.45, 7) is 0. The first kappa shape index (κ1) is 11.2. The zero-order chi connectivity index (χ0) is 11.8. The molecule has 4 nitrogen and oxygen atoms in total. The number of rotatable bonds is 3. The van der Waals surface area contributed by atoms with Gasteiger partial charge in [-0.3, -0.25) is 0 Å². The largest absolute Gasteiger partial charge is 0.493 e. The van der Waals surface area contributed by atoms with E-state index in [4.69, 9.17) is 15.2 Å². The van der Waals surface area contributed by atoms with Crippen LogP contribution in [0.2, 0.25) is 0 Å². The van der Waals surface area contributed by atoms with Gasteiger partial charge in [0.25, 0.3) is 0 Å². The Bertz CT molecular complexity index is 386. The van der Waals surface area contributed by atoms with Gasteiger partial charge in [-0.1, -0.05) is 6.07 Å². The van der Waals surface area contributed by atoms with E-state index >= 15 is 0 Å². The molecular weight excluding hydrogens is 206 g/mol. The van der Waals surface area contributed by atoms with E-state index in [-0.39, 0.29) is 6.10 Å². The number of methoxy groups -OCH3 is 2. The maximum Gasteiger partial charge on any atom is 0.161 e.